The fourth-order valence-electron chi connectivity index (χ4n) is 1.25. The largest absolute Gasteiger partial charge is 0.393 e. The van der Waals surface area contributed by atoms with Gasteiger partial charge in [-0.25, -0.2) is 15.0 Å². The van der Waals surface area contributed by atoms with E-state index in [0.717, 1.165) is 11.2 Å². The Kier molecular flexibility index (Phi) is 1.94. The minimum atomic E-state index is -0.401. The van der Waals surface area contributed by atoms with E-state index >= 15 is 0 Å². The van der Waals surface area contributed by atoms with Gasteiger partial charge in [-0.05, 0) is 6.92 Å². The molecule has 0 spiro atoms. The molecule has 2 aromatic rings. The molecule has 0 aliphatic carbocycles. The molecule has 5 heteroatoms. The molecule has 0 unspecified atom stereocenters. The highest BCUT2D eigenvalue weighted by molar-refractivity contribution is 5.71. The van der Waals surface area contributed by atoms with Crippen LogP contribution in [0.4, 0.5) is 0 Å². The number of nitrogens with one attached hydrogen (secondary N) is 1. The maximum Gasteiger partial charge on any atom is 0.180 e. The van der Waals surface area contributed by atoms with Gasteiger partial charge in [-0.1, -0.05) is 0 Å². The first-order valence-corrected chi connectivity index (χ1v) is 4.08. The standard InChI is InChI=1S/C8H10N4O/c1-5(13)2-6-7-8(11-3-9-6)12-4-10-7/h3-5,13H,2H2,1H3,(H,9,10,11,12)/t5-/m1/s1. The molecule has 0 aliphatic heterocycles. The van der Waals surface area contributed by atoms with E-state index in [-0.39, 0.29) is 0 Å². The SMILES string of the molecule is C[C@@H](O)Cc1ncnc2nc[nH]c12. The van der Waals surface area contributed by atoms with Crippen molar-refractivity contribution in [2.45, 2.75) is 19.4 Å². The Morgan fingerprint density at radius 2 is 2.31 bits per heavy atom. The van der Waals surface area contributed by atoms with E-state index in [1.54, 1.807) is 13.3 Å². The van der Waals surface area contributed by atoms with Crippen LogP contribution < -0.4 is 0 Å². The summed E-state index contributed by atoms with van der Waals surface area (Å²) < 4.78 is 0. The number of aliphatic hydroxyl groups is 1. The van der Waals surface area contributed by atoms with Crippen molar-refractivity contribution in [3.8, 4) is 0 Å². The molecule has 0 aromatic carbocycles. The summed E-state index contributed by atoms with van der Waals surface area (Å²) in [6.07, 6.45) is 3.15. The number of fused-ring (bicyclic) bond motifs is 1. The van der Waals surface area contributed by atoms with Crippen LogP contribution in [0.1, 0.15) is 12.6 Å². The summed E-state index contributed by atoms with van der Waals surface area (Å²) in [5.74, 6) is 0. The van der Waals surface area contributed by atoms with Crippen LogP contribution in [-0.4, -0.2) is 31.1 Å². The second kappa shape index (κ2) is 3.10. The minimum Gasteiger partial charge on any atom is -0.393 e. The number of aromatic nitrogens is 4. The van der Waals surface area contributed by atoms with Gasteiger partial charge < -0.3 is 10.1 Å². The molecule has 68 valence electrons. The van der Waals surface area contributed by atoms with Gasteiger partial charge in [0.05, 0.1) is 18.1 Å². The molecule has 0 saturated heterocycles. The van der Waals surface area contributed by atoms with Crippen LogP contribution in [0.5, 0.6) is 0 Å². The molecule has 0 bridgehead atoms. The molecule has 5 nitrogen and oxygen atoms in total. The first-order chi connectivity index (χ1) is 6.27. The normalized spacial score (nSPS) is 13.4. The summed E-state index contributed by atoms with van der Waals surface area (Å²) in [5.41, 5.74) is 2.26. The molecule has 2 aromatic heterocycles. The van der Waals surface area contributed by atoms with Crippen molar-refractivity contribution in [1.29, 1.82) is 0 Å². The van der Waals surface area contributed by atoms with Crippen LogP contribution in [-0.2, 0) is 6.42 Å². The Morgan fingerprint density at radius 3 is 3.08 bits per heavy atom. The van der Waals surface area contributed by atoms with Crippen LogP contribution in [0.3, 0.4) is 0 Å². The monoisotopic (exact) mass is 178 g/mol. The van der Waals surface area contributed by atoms with Crippen molar-refractivity contribution in [3.05, 3.63) is 18.3 Å². The van der Waals surface area contributed by atoms with Crippen molar-refractivity contribution in [3.63, 3.8) is 0 Å². The smallest absolute Gasteiger partial charge is 0.180 e. The van der Waals surface area contributed by atoms with Crippen LogP contribution in [0.15, 0.2) is 12.7 Å². The number of nitrogens with zero attached hydrogens (tertiary/aromatic N) is 3. The summed E-state index contributed by atoms with van der Waals surface area (Å²) in [5, 5.41) is 9.21. The van der Waals surface area contributed by atoms with Gasteiger partial charge in [0.2, 0.25) is 0 Å². The molecule has 2 N–H and O–H groups in total. The van der Waals surface area contributed by atoms with Crippen LogP contribution in [0.2, 0.25) is 0 Å². The second-order valence-corrected chi connectivity index (χ2v) is 2.97. The number of aliphatic hydroxyl groups excluding tert-OH is 1. The molecule has 1 atom stereocenters. The summed E-state index contributed by atoms with van der Waals surface area (Å²) in [7, 11) is 0. The predicted octanol–water partition coefficient (Wildman–Crippen LogP) is 0.276. The van der Waals surface area contributed by atoms with Gasteiger partial charge in [-0.2, -0.15) is 0 Å². The molecule has 0 fully saturated rings. The lowest BCUT2D eigenvalue weighted by atomic mass is 10.2. The Hall–Kier alpha value is -1.49. The Bertz CT molecular complexity index is 409. The van der Waals surface area contributed by atoms with E-state index in [1.165, 1.54) is 6.33 Å². The summed E-state index contributed by atoms with van der Waals surface area (Å²) in [6.45, 7) is 1.73. The third-order valence-electron chi connectivity index (χ3n) is 1.79. The summed E-state index contributed by atoms with van der Waals surface area (Å²) in [6, 6.07) is 0. The van der Waals surface area contributed by atoms with Gasteiger partial charge in [-0.3, -0.25) is 0 Å². The summed E-state index contributed by atoms with van der Waals surface area (Å²) in [4.78, 5) is 15.0. The molecular weight excluding hydrogens is 168 g/mol. The molecule has 0 saturated carbocycles. The van der Waals surface area contributed by atoms with Crippen LogP contribution in [0.25, 0.3) is 11.2 Å². The lowest BCUT2D eigenvalue weighted by molar-refractivity contribution is 0.194. The lowest BCUT2D eigenvalue weighted by Gasteiger charge is -2.02. The molecular formula is C8H10N4O. The Labute approximate surface area is 74.9 Å². The zero-order valence-corrected chi connectivity index (χ0v) is 7.23. The maximum absolute atomic E-state index is 9.21. The number of rotatable bonds is 2. The molecule has 13 heavy (non-hydrogen) atoms. The molecule has 0 radical (unpaired) electrons. The number of H-pyrrole nitrogens is 1. The van der Waals surface area contributed by atoms with Crippen molar-refractivity contribution in [1.82, 2.24) is 19.9 Å². The molecule has 0 amide bonds. The van der Waals surface area contributed by atoms with Gasteiger partial charge in [0.15, 0.2) is 5.65 Å². The Morgan fingerprint density at radius 1 is 1.46 bits per heavy atom. The average molecular weight is 178 g/mol. The molecule has 0 aliphatic rings. The third-order valence-corrected chi connectivity index (χ3v) is 1.79. The van der Waals surface area contributed by atoms with E-state index in [1.807, 2.05) is 0 Å². The van der Waals surface area contributed by atoms with E-state index in [2.05, 4.69) is 19.9 Å². The number of hydrogen-bond acceptors (Lipinski definition) is 4. The minimum absolute atomic E-state index is 0.401. The second-order valence-electron chi connectivity index (χ2n) is 2.97. The van der Waals surface area contributed by atoms with Gasteiger partial charge in [0.1, 0.15) is 11.8 Å². The maximum atomic E-state index is 9.21. The van der Waals surface area contributed by atoms with Crippen LogP contribution >= 0.6 is 0 Å². The Balaban J connectivity index is 2.48. The number of imidazole rings is 1. The third kappa shape index (κ3) is 1.50. The zero-order valence-electron chi connectivity index (χ0n) is 7.23. The van der Waals surface area contributed by atoms with E-state index < -0.39 is 6.10 Å². The van der Waals surface area contributed by atoms with Crippen molar-refractivity contribution >= 4 is 11.2 Å². The van der Waals surface area contributed by atoms with E-state index in [4.69, 9.17) is 0 Å². The van der Waals surface area contributed by atoms with Gasteiger partial charge >= 0.3 is 0 Å². The first kappa shape index (κ1) is 8.12. The molecule has 2 heterocycles. The average Bonchev–Trinajstić information content (AvgIpc) is 2.51. The lowest BCUT2D eigenvalue weighted by Crippen LogP contribution is -2.06. The summed E-state index contributed by atoms with van der Waals surface area (Å²) >= 11 is 0. The molecule has 2 rings (SSSR count). The highest BCUT2D eigenvalue weighted by Crippen LogP contribution is 2.10. The predicted molar refractivity (Wildman–Crippen MR) is 47.1 cm³/mol. The van der Waals surface area contributed by atoms with E-state index in [0.29, 0.717) is 12.1 Å². The van der Waals surface area contributed by atoms with Gasteiger partial charge in [-0.15, -0.1) is 0 Å². The van der Waals surface area contributed by atoms with Crippen LogP contribution in [0, 0.1) is 0 Å². The zero-order chi connectivity index (χ0) is 9.26. The van der Waals surface area contributed by atoms with Gasteiger partial charge in [0.25, 0.3) is 0 Å². The highest BCUT2D eigenvalue weighted by atomic mass is 16.3. The highest BCUT2D eigenvalue weighted by Gasteiger charge is 2.07. The topological polar surface area (TPSA) is 74.7 Å². The fraction of sp³-hybridized carbons (Fsp3) is 0.375. The van der Waals surface area contributed by atoms with Crippen molar-refractivity contribution in [2.24, 2.45) is 0 Å². The van der Waals surface area contributed by atoms with E-state index in [9.17, 15) is 5.11 Å². The number of hydrogen-bond donors (Lipinski definition) is 2. The van der Waals surface area contributed by atoms with Crippen molar-refractivity contribution < 1.29 is 5.11 Å². The number of aromatic amines is 1. The first-order valence-electron chi connectivity index (χ1n) is 4.08. The quantitative estimate of drug-likeness (QED) is 0.692. The van der Waals surface area contributed by atoms with Gasteiger partial charge in [0, 0.05) is 6.42 Å². The van der Waals surface area contributed by atoms with Crippen molar-refractivity contribution in [2.75, 3.05) is 0 Å². The fourth-order valence-corrected chi connectivity index (χ4v) is 1.25.